The summed E-state index contributed by atoms with van der Waals surface area (Å²) >= 11 is 11.9. The Morgan fingerprint density at radius 2 is 1.83 bits per heavy atom. The summed E-state index contributed by atoms with van der Waals surface area (Å²) in [5, 5.41) is 3.45. The van der Waals surface area contributed by atoms with E-state index in [9.17, 15) is 13.2 Å². The van der Waals surface area contributed by atoms with Crippen molar-refractivity contribution in [2.45, 2.75) is 50.0 Å². The van der Waals surface area contributed by atoms with E-state index >= 15 is 0 Å². The fourth-order valence-corrected chi connectivity index (χ4v) is 5.11. The van der Waals surface area contributed by atoms with Gasteiger partial charge in [-0.25, -0.2) is 13.1 Å². The number of halogens is 2. The first-order valence-electron chi connectivity index (χ1n) is 9.75. The molecular weight excluding hydrogens is 447 g/mol. The predicted molar refractivity (Wildman–Crippen MR) is 119 cm³/mol. The zero-order valence-electron chi connectivity index (χ0n) is 16.6. The molecule has 1 amide bonds. The topological polar surface area (TPSA) is 84.5 Å². The van der Waals surface area contributed by atoms with Crippen molar-refractivity contribution in [2.75, 3.05) is 11.9 Å². The first kappa shape index (κ1) is 22.9. The summed E-state index contributed by atoms with van der Waals surface area (Å²) in [4.78, 5) is 12.4. The Kier molecular flexibility index (Phi) is 7.63. The minimum absolute atomic E-state index is 0.0120. The number of amides is 1. The Labute approximate surface area is 187 Å². The number of carbonyl (C=O) groups excluding carboxylic acids is 1. The molecule has 162 valence electrons. The number of hydrogen-bond donors (Lipinski definition) is 2. The summed E-state index contributed by atoms with van der Waals surface area (Å²) in [6.45, 7) is 1.48. The van der Waals surface area contributed by atoms with Crippen LogP contribution in [0, 0.1) is 6.92 Å². The highest BCUT2D eigenvalue weighted by atomic mass is 35.5. The van der Waals surface area contributed by atoms with E-state index in [4.69, 9.17) is 27.9 Å². The molecule has 1 saturated carbocycles. The highest BCUT2D eigenvalue weighted by Crippen LogP contribution is 2.26. The van der Waals surface area contributed by atoms with Gasteiger partial charge in [-0.2, -0.15) is 0 Å². The van der Waals surface area contributed by atoms with Crippen LogP contribution in [0.15, 0.2) is 41.3 Å². The molecule has 6 nitrogen and oxygen atoms in total. The number of sulfonamides is 1. The standard InChI is InChI=1S/C21H24Cl2N2O4S/c1-14-11-17(30(27,28)25-16-5-3-2-4-6-16)8-10-20(14)29-13-21(26)24-19-12-15(22)7-9-18(19)23/h7-12,16,25H,2-6,13H2,1H3,(H,24,26). The number of aryl methyl sites for hydroxylation is 1. The molecule has 0 heterocycles. The highest BCUT2D eigenvalue weighted by molar-refractivity contribution is 7.89. The highest BCUT2D eigenvalue weighted by Gasteiger charge is 2.22. The van der Waals surface area contributed by atoms with Crippen LogP contribution in [0.1, 0.15) is 37.7 Å². The lowest BCUT2D eigenvalue weighted by atomic mass is 9.96. The van der Waals surface area contributed by atoms with Crippen molar-refractivity contribution in [1.82, 2.24) is 4.72 Å². The maximum Gasteiger partial charge on any atom is 0.262 e. The lowest BCUT2D eigenvalue weighted by Crippen LogP contribution is -2.36. The zero-order valence-corrected chi connectivity index (χ0v) is 18.9. The van der Waals surface area contributed by atoms with Crippen LogP contribution in [0.5, 0.6) is 5.75 Å². The number of benzene rings is 2. The largest absolute Gasteiger partial charge is 0.483 e. The van der Waals surface area contributed by atoms with Crippen molar-refractivity contribution >= 4 is 44.8 Å². The molecule has 0 saturated heterocycles. The van der Waals surface area contributed by atoms with Gasteiger partial charge in [0.15, 0.2) is 6.61 Å². The molecule has 0 atom stereocenters. The zero-order chi connectivity index (χ0) is 21.7. The van der Waals surface area contributed by atoms with Crippen molar-refractivity contribution in [3.63, 3.8) is 0 Å². The molecule has 0 bridgehead atoms. The van der Waals surface area contributed by atoms with Crippen LogP contribution < -0.4 is 14.8 Å². The molecule has 2 aromatic rings. The molecule has 1 aliphatic carbocycles. The van der Waals surface area contributed by atoms with Crippen LogP contribution in [0.25, 0.3) is 0 Å². The molecule has 0 aromatic heterocycles. The monoisotopic (exact) mass is 470 g/mol. The summed E-state index contributed by atoms with van der Waals surface area (Å²) in [6.07, 6.45) is 4.97. The Hall–Kier alpha value is -1.80. The van der Waals surface area contributed by atoms with Crippen LogP contribution in [-0.4, -0.2) is 27.0 Å². The molecule has 3 rings (SSSR count). The van der Waals surface area contributed by atoms with E-state index in [1.165, 1.54) is 6.07 Å². The first-order valence-corrected chi connectivity index (χ1v) is 12.0. The molecule has 1 aliphatic rings. The summed E-state index contributed by atoms with van der Waals surface area (Å²) in [7, 11) is -3.59. The van der Waals surface area contributed by atoms with Crippen LogP contribution in [0.3, 0.4) is 0 Å². The van der Waals surface area contributed by atoms with E-state index in [0.717, 1.165) is 32.1 Å². The van der Waals surface area contributed by atoms with Crippen LogP contribution in [0.2, 0.25) is 10.0 Å². The number of ether oxygens (including phenoxy) is 1. The fraction of sp³-hybridized carbons (Fsp3) is 0.381. The molecule has 30 heavy (non-hydrogen) atoms. The van der Waals surface area contributed by atoms with Crippen molar-refractivity contribution in [2.24, 2.45) is 0 Å². The minimum Gasteiger partial charge on any atom is -0.483 e. The number of anilines is 1. The minimum atomic E-state index is -3.59. The second-order valence-electron chi connectivity index (χ2n) is 7.34. The average molecular weight is 471 g/mol. The van der Waals surface area contributed by atoms with Gasteiger partial charge in [-0.1, -0.05) is 42.5 Å². The summed E-state index contributed by atoms with van der Waals surface area (Å²) in [5.41, 5.74) is 1.01. The van der Waals surface area contributed by atoms with Crippen molar-refractivity contribution in [3.8, 4) is 5.75 Å². The third kappa shape index (κ3) is 6.11. The summed E-state index contributed by atoms with van der Waals surface area (Å²) in [6, 6.07) is 9.34. The summed E-state index contributed by atoms with van der Waals surface area (Å²) < 4.78 is 33.7. The molecule has 0 unspecified atom stereocenters. The van der Waals surface area contributed by atoms with Gasteiger partial charge in [0.1, 0.15) is 5.75 Å². The molecule has 1 fully saturated rings. The molecule has 0 spiro atoms. The number of nitrogens with one attached hydrogen (secondary N) is 2. The molecule has 2 aromatic carbocycles. The van der Waals surface area contributed by atoms with Crippen LogP contribution in [0.4, 0.5) is 5.69 Å². The third-order valence-electron chi connectivity index (χ3n) is 4.94. The molecule has 0 radical (unpaired) electrons. The molecule has 2 N–H and O–H groups in total. The fourth-order valence-electron chi connectivity index (χ4n) is 3.38. The van der Waals surface area contributed by atoms with Crippen molar-refractivity contribution in [1.29, 1.82) is 0 Å². The van der Waals surface area contributed by atoms with Crippen LogP contribution in [-0.2, 0) is 14.8 Å². The smallest absolute Gasteiger partial charge is 0.262 e. The van der Waals surface area contributed by atoms with E-state index in [2.05, 4.69) is 10.0 Å². The number of hydrogen-bond acceptors (Lipinski definition) is 4. The molecular formula is C21H24Cl2N2O4S. The third-order valence-corrected chi connectivity index (χ3v) is 7.03. The van der Waals surface area contributed by atoms with Gasteiger partial charge in [0.05, 0.1) is 15.6 Å². The lowest BCUT2D eigenvalue weighted by molar-refractivity contribution is -0.118. The maximum atomic E-state index is 12.7. The van der Waals surface area contributed by atoms with Crippen molar-refractivity contribution in [3.05, 3.63) is 52.0 Å². The van der Waals surface area contributed by atoms with Crippen LogP contribution >= 0.6 is 23.2 Å². The summed E-state index contributed by atoms with van der Waals surface area (Å²) in [5.74, 6) is 0.0215. The second kappa shape index (κ2) is 10.0. The SMILES string of the molecule is Cc1cc(S(=O)(=O)NC2CCCCC2)ccc1OCC(=O)Nc1cc(Cl)ccc1Cl. The Balaban J connectivity index is 1.61. The maximum absolute atomic E-state index is 12.7. The van der Waals surface area contributed by atoms with Gasteiger partial charge < -0.3 is 10.1 Å². The normalized spacial score (nSPS) is 15.0. The van der Waals surface area contributed by atoms with E-state index in [-0.39, 0.29) is 17.5 Å². The molecule has 0 aliphatic heterocycles. The molecule has 9 heteroatoms. The van der Waals surface area contributed by atoms with Gasteiger partial charge in [0.2, 0.25) is 10.0 Å². The number of carbonyl (C=O) groups is 1. The van der Waals surface area contributed by atoms with E-state index in [0.29, 0.717) is 27.0 Å². The average Bonchev–Trinajstić information content (AvgIpc) is 2.70. The van der Waals surface area contributed by atoms with Gasteiger partial charge in [-0.15, -0.1) is 0 Å². The van der Waals surface area contributed by atoms with E-state index in [1.807, 2.05) is 0 Å². The Bertz CT molecular complexity index is 1020. The Morgan fingerprint density at radius 3 is 2.53 bits per heavy atom. The second-order valence-corrected chi connectivity index (χ2v) is 9.90. The Morgan fingerprint density at radius 1 is 1.10 bits per heavy atom. The van der Waals surface area contributed by atoms with Gasteiger partial charge in [0.25, 0.3) is 5.91 Å². The van der Waals surface area contributed by atoms with Gasteiger partial charge in [0, 0.05) is 11.1 Å². The van der Waals surface area contributed by atoms with Gasteiger partial charge in [-0.05, 0) is 61.7 Å². The lowest BCUT2D eigenvalue weighted by Gasteiger charge is -2.22. The van der Waals surface area contributed by atoms with Crippen molar-refractivity contribution < 1.29 is 17.9 Å². The van der Waals surface area contributed by atoms with E-state index in [1.54, 1.807) is 37.3 Å². The quantitative estimate of drug-likeness (QED) is 0.600. The number of rotatable bonds is 7. The first-order chi connectivity index (χ1) is 14.2. The predicted octanol–water partition coefficient (Wildman–Crippen LogP) is 4.93. The van der Waals surface area contributed by atoms with E-state index < -0.39 is 15.9 Å². The van der Waals surface area contributed by atoms with Gasteiger partial charge >= 0.3 is 0 Å². The van der Waals surface area contributed by atoms with Gasteiger partial charge in [-0.3, -0.25) is 4.79 Å².